The first kappa shape index (κ1) is 10.7. The van der Waals surface area contributed by atoms with Crippen molar-refractivity contribution in [1.82, 2.24) is 9.97 Å². The van der Waals surface area contributed by atoms with Crippen molar-refractivity contribution in [2.24, 2.45) is 0 Å². The molecule has 0 saturated heterocycles. The zero-order chi connectivity index (χ0) is 11.1. The zero-order valence-electron chi connectivity index (χ0n) is 7.95. The van der Waals surface area contributed by atoms with Crippen LogP contribution < -0.4 is 16.2 Å². The number of nitrogen functional groups attached to an aromatic ring is 2. The molecule has 4 N–H and O–H groups in total. The van der Waals surface area contributed by atoms with E-state index >= 15 is 0 Å². The third-order valence-electron chi connectivity index (χ3n) is 1.38. The molecule has 0 radical (unpaired) electrons. The highest BCUT2D eigenvalue weighted by molar-refractivity contribution is 5.31. The van der Waals surface area contributed by atoms with Crippen molar-refractivity contribution in [1.29, 1.82) is 0 Å². The molecule has 0 aliphatic heterocycles. The minimum atomic E-state index is 0.213. The van der Waals surface area contributed by atoms with E-state index in [4.69, 9.17) is 11.5 Å². The molecule has 2 aromatic heterocycles. The lowest BCUT2D eigenvalue weighted by Crippen LogP contribution is -2.22. The van der Waals surface area contributed by atoms with Crippen LogP contribution in [0.4, 0.5) is 11.8 Å². The van der Waals surface area contributed by atoms with Gasteiger partial charge in [-0.05, 0) is 6.07 Å². The van der Waals surface area contributed by atoms with E-state index in [1.54, 1.807) is 24.3 Å². The Hall–Kier alpha value is -2.37. The quantitative estimate of drug-likeness (QED) is 0.464. The molecule has 0 aromatic carbocycles. The van der Waals surface area contributed by atoms with Gasteiger partial charge in [-0.25, -0.2) is 4.98 Å². The Labute approximate surface area is 86.8 Å². The summed E-state index contributed by atoms with van der Waals surface area (Å²) in [5, 5.41) is 10.2. The van der Waals surface area contributed by atoms with Gasteiger partial charge in [0.2, 0.25) is 5.95 Å². The Balaban J connectivity index is 0.000000151. The van der Waals surface area contributed by atoms with E-state index in [0.717, 1.165) is 4.73 Å². The Morgan fingerprint density at radius 3 is 2.13 bits per heavy atom. The standard InChI is InChI=1S/C5H5NO.C4H6N4/c7-6-4-2-1-3-5-6;5-3-1-2-7-4(6)8-3/h1-5H;1-2H,(H4,5,6,7,8). The van der Waals surface area contributed by atoms with Gasteiger partial charge in [0.05, 0.1) is 0 Å². The molecule has 0 saturated carbocycles. The fourth-order valence-electron chi connectivity index (χ4n) is 0.771. The molecule has 2 aromatic rings. The summed E-state index contributed by atoms with van der Waals surface area (Å²) >= 11 is 0. The second-order valence-corrected chi connectivity index (χ2v) is 2.58. The third-order valence-corrected chi connectivity index (χ3v) is 1.38. The van der Waals surface area contributed by atoms with E-state index in [1.165, 1.54) is 18.6 Å². The van der Waals surface area contributed by atoms with Crippen LogP contribution in [0.3, 0.4) is 0 Å². The summed E-state index contributed by atoms with van der Waals surface area (Å²) in [7, 11) is 0. The molecular weight excluding hydrogens is 194 g/mol. The summed E-state index contributed by atoms with van der Waals surface area (Å²) < 4.78 is 0.750. The first-order valence-electron chi connectivity index (χ1n) is 4.16. The minimum Gasteiger partial charge on any atom is -0.619 e. The topological polar surface area (TPSA) is 105 Å². The van der Waals surface area contributed by atoms with Gasteiger partial charge < -0.3 is 16.7 Å². The highest BCUT2D eigenvalue weighted by Gasteiger charge is 1.84. The smallest absolute Gasteiger partial charge is 0.221 e. The number of nitrogens with two attached hydrogens (primary N) is 2. The van der Waals surface area contributed by atoms with Gasteiger partial charge >= 0.3 is 0 Å². The molecular formula is C9H11N5O. The van der Waals surface area contributed by atoms with Crippen molar-refractivity contribution in [3.8, 4) is 0 Å². The van der Waals surface area contributed by atoms with Gasteiger partial charge in [-0.1, -0.05) is 6.07 Å². The lowest BCUT2D eigenvalue weighted by Gasteiger charge is -1.89. The van der Waals surface area contributed by atoms with Crippen molar-refractivity contribution in [2.75, 3.05) is 11.5 Å². The van der Waals surface area contributed by atoms with Gasteiger partial charge in [0.15, 0.2) is 12.4 Å². The van der Waals surface area contributed by atoms with E-state index in [2.05, 4.69) is 9.97 Å². The van der Waals surface area contributed by atoms with Crippen molar-refractivity contribution in [3.05, 3.63) is 48.1 Å². The van der Waals surface area contributed by atoms with Crippen LogP contribution >= 0.6 is 0 Å². The molecule has 15 heavy (non-hydrogen) atoms. The molecule has 0 spiro atoms. The van der Waals surface area contributed by atoms with Crippen LogP contribution in [0, 0.1) is 5.21 Å². The maximum absolute atomic E-state index is 10.2. The van der Waals surface area contributed by atoms with Crippen molar-refractivity contribution < 1.29 is 4.73 Å². The van der Waals surface area contributed by atoms with E-state index in [1.807, 2.05) is 0 Å². The van der Waals surface area contributed by atoms with Crippen LogP contribution in [0.15, 0.2) is 42.9 Å². The van der Waals surface area contributed by atoms with E-state index in [-0.39, 0.29) is 5.95 Å². The van der Waals surface area contributed by atoms with Gasteiger partial charge in [-0.3, -0.25) is 0 Å². The maximum atomic E-state index is 10.2. The number of rotatable bonds is 0. The highest BCUT2D eigenvalue weighted by Crippen LogP contribution is 1.94. The monoisotopic (exact) mass is 205 g/mol. The summed E-state index contributed by atoms with van der Waals surface area (Å²) in [4.78, 5) is 7.24. The van der Waals surface area contributed by atoms with Crippen LogP contribution in [0.5, 0.6) is 0 Å². The van der Waals surface area contributed by atoms with Crippen molar-refractivity contribution in [2.45, 2.75) is 0 Å². The second kappa shape index (κ2) is 5.38. The molecule has 2 rings (SSSR count). The van der Waals surface area contributed by atoms with Crippen molar-refractivity contribution in [3.63, 3.8) is 0 Å². The zero-order valence-corrected chi connectivity index (χ0v) is 7.95. The number of anilines is 2. The van der Waals surface area contributed by atoms with Crippen LogP contribution in [-0.2, 0) is 0 Å². The van der Waals surface area contributed by atoms with E-state index < -0.39 is 0 Å². The molecule has 0 unspecified atom stereocenters. The first-order chi connectivity index (χ1) is 7.18. The van der Waals surface area contributed by atoms with Gasteiger partial charge in [-0.15, -0.1) is 0 Å². The Morgan fingerprint density at radius 2 is 1.80 bits per heavy atom. The Kier molecular flexibility index (Phi) is 3.84. The predicted octanol–water partition coefficient (Wildman–Crippen LogP) is -0.0390. The minimum absolute atomic E-state index is 0.213. The number of nitrogens with zero attached hydrogens (tertiary/aromatic N) is 3. The van der Waals surface area contributed by atoms with E-state index in [9.17, 15) is 5.21 Å². The van der Waals surface area contributed by atoms with Crippen LogP contribution in [0.2, 0.25) is 0 Å². The Morgan fingerprint density at radius 1 is 1.13 bits per heavy atom. The fourth-order valence-corrected chi connectivity index (χ4v) is 0.771. The SMILES string of the molecule is Nc1ccnc(N)n1.[O-][n+]1ccccc1. The highest BCUT2D eigenvalue weighted by atomic mass is 16.5. The number of pyridine rings is 1. The second-order valence-electron chi connectivity index (χ2n) is 2.58. The lowest BCUT2D eigenvalue weighted by molar-refractivity contribution is -0.605. The molecule has 0 bridgehead atoms. The normalized spacial score (nSPS) is 8.80. The van der Waals surface area contributed by atoms with E-state index in [0.29, 0.717) is 5.82 Å². The number of hydrogen-bond donors (Lipinski definition) is 2. The average Bonchev–Trinajstić information content (AvgIpc) is 2.19. The van der Waals surface area contributed by atoms with Gasteiger partial charge in [0, 0.05) is 18.3 Å². The largest absolute Gasteiger partial charge is 0.619 e. The van der Waals surface area contributed by atoms with Crippen LogP contribution in [-0.4, -0.2) is 9.97 Å². The van der Waals surface area contributed by atoms with Crippen molar-refractivity contribution >= 4 is 11.8 Å². The first-order valence-corrected chi connectivity index (χ1v) is 4.16. The summed E-state index contributed by atoms with van der Waals surface area (Å²) in [6, 6.07) is 6.75. The molecule has 78 valence electrons. The number of aromatic nitrogens is 3. The molecule has 6 heteroatoms. The summed E-state index contributed by atoms with van der Waals surface area (Å²) in [5.41, 5.74) is 10.4. The predicted molar refractivity (Wildman–Crippen MR) is 56.3 cm³/mol. The summed E-state index contributed by atoms with van der Waals surface area (Å²) in [6.45, 7) is 0. The summed E-state index contributed by atoms with van der Waals surface area (Å²) in [5.74, 6) is 0.613. The Bertz CT molecular complexity index is 389. The molecule has 0 aliphatic carbocycles. The van der Waals surface area contributed by atoms with Crippen LogP contribution in [0.25, 0.3) is 0 Å². The third kappa shape index (κ3) is 4.41. The average molecular weight is 205 g/mol. The fraction of sp³-hybridized carbons (Fsp3) is 0. The number of hydrogen-bond acceptors (Lipinski definition) is 5. The van der Waals surface area contributed by atoms with Gasteiger partial charge in [0.25, 0.3) is 0 Å². The van der Waals surface area contributed by atoms with Gasteiger partial charge in [-0.2, -0.15) is 9.71 Å². The molecule has 6 nitrogen and oxygen atoms in total. The lowest BCUT2D eigenvalue weighted by atomic mass is 10.5. The maximum Gasteiger partial charge on any atom is 0.221 e. The molecule has 0 aliphatic rings. The molecule has 0 amide bonds. The molecule has 0 fully saturated rings. The molecule has 0 atom stereocenters. The van der Waals surface area contributed by atoms with Crippen LogP contribution in [0.1, 0.15) is 0 Å². The molecule has 2 heterocycles. The summed E-state index contributed by atoms with van der Waals surface area (Å²) in [6.07, 6.45) is 4.40. The van der Waals surface area contributed by atoms with Gasteiger partial charge in [0.1, 0.15) is 5.82 Å².